The summed E-state index contributed by atoms with van der Waals surface area (Å²) in [7, 11) is 1.62. The van der Waals surface area contributed by atoms with Crippen LogP contribution < -0.4 is 15.6 Å². The first kappa shape index (κ1) is 19.1. The smallest absolute Gasteiger partial charge is 0.262 e. The molecule has 1 aromatic carbocycles. The molecule has 1 amide bonds. The maximum Gasteiger partial charge on any atom is 0.262 e. The van der Waals surface area contributed by atoms with Crippen molar-refractivity contribution in [1.29, 1.82) is 0 Å². The molecule has 0 saturated carbocycles. The molecule has 1 N–H and O–H groups in total. The molecule has 0 aliphatic carbocycles. The van der Waals surface area contributed by atoms with Crippen LogP contribution in [0.25, 0.3) is 10.2 Å². The first-order valence-corrected chi connectivity index (χ1v) is 9.64. The molecule has 0 unspecified atom stereocenters. The highest BCUT2D eigenvalue weighted by atomic mass is 32.1. The van der Waals surface area contributed by atoms with Crippen molar-refractivity contribution in [2.45, 2.75) is 39.8 Å². The topological polar surface area (TPSA) is 73.2 Å². The molecule has 2 aromatic heterocycles. The number of aryl methyl sites for hydroxylation is 2. The number of rotatable bonds is 6. The predicted octanol–water partition coefficient (Wildman–Crippen LogP) is 3.35. The average molecular weight is 385 g/mol. The minimum absolute atomic E-state index is 0.0528. The fraction of sp³-hybridized carbons (Fsp3) is 0.350. The molecule has 0 aliphatic rings. The van der Waals surface area contributed by atoms with Gasteiger partial charge in [0.15, 0.2) is 0 Å². The minimum atomic E-state index is -0.217. The highest BCUT2D eigenvalue weighted by Gasteiger charge is 2.16. The van der Waals surface area contributed by atoms with E-state index in [9.17, 15) is 9.59 Å². The number of methoxy groups -OCH3 is 1. The number of fused-ring (bicyclic) bond motifs is 1. The number of aromatic nitrogens is 2. The lowest BCUT2D eigenvalue weighted by molar-refractivity contribution is -0.122. The minimum Gasteiger partial charge on any atom is -0.497 e. The Morgan fingerprint density at radius 3 is 2.63 bits per heavy atom. The number of benzene rings is 1. The first-order valence-electron chi connectivity index (χ1n) is 8.83. The number of hydrogen-bond donors (Lipinski definition) is 1. The van der Waals surface area contributed by atoms with Crippen LogP contribution >= 0.6 is 11.3 Å². The summed E-state index contributed by atoms with van der Waals surface area (Å²) in [5.41, 5.74) is 1.76. The van der Waals surface area contributed by atoms with Gasteiger partial charge in [-0.2, -0.15) is 0 Å². The van der Waals surface area contributed by atoms with E-state index in [0.717, 1.165) is 33.0 Å². The van der Waals surface area contributed by atoms with Gasteiger partial charge in [-0.15, -0.1) is 11.3 Å². The summed E-state index contributed by atoms with van der Waals surface area (Å²) in [5.74, 6) is 0.554. The fourth-order valence-electron chi connectivity index (χ4n) is 3.03. The number of hydrogen-bond acceptors (Lipinski definition) is 5. The summed E-state index contributed by atoms with van der Waals surface area (Å²) in [6.07, 6.45) is 2.20. The molecular weight excluding hydrogens is 362 g/mol. The second-order valence-corrected chi connectivity index (χ2v) is 7.65. The zero-order valence-electron chi connectivity index (χ0n) is 15.9. The van der Waals surface area contributed by atoms with E-state index in [1.165, 1.54) is 22.2 Å². The van der Waals surface area contributed by atoms with Crippen molar-refractivity contribution in [3.05, 3.63) is 57.0 Å². The lowest BCUT2D eigenvalue weighted by Gasteiger charge is -2.18. The van der Waals surface area contributed by atoms with Crippen LogP contribution in [-0.2, 0) is 11.3 Å². The van der Waals surface area contributed by atoms with E-state index in [1.807, 2.05) is 45.0 Å². The van der Waals surface area contributed by atoms with Crippen LogP contribution in [0.4, 0.5) is 0 Å². The van der Waals surface area contributed by atoms with Crippen LogP contribution in [0.3, 0.4) is 0 Å². The molecule has 0 saturated heterocycles. The van der Waals surface area contributed by atoms with E-state index < -0.39 is 0 Å². The van der Waals surface area contributed by atoms with Gasteiger partial charge in [-0.25, -0.2) is 4.98 Å². The second-order valence-electron chi connectivity index (χ2n) is 6.44. The van der Waals surface area contributed by atoms with E-state index in [2.05, 4.69) is 10.3 Å². The number of nitrogens with one attached hydrogen (secondary N) is 1. The second kappa shape index (κ2) is 7.92. The molecule has 0 aliphatic heterocycles. The van der Waals surface area contributed by atoms with Crippen molar-refractivity contribution in [3.63, 3.8) is 0 Å². The molecule has 0 fully saturated rings. The number of carbonyl (C=O) groups excluding carboxylic acids is 1. The van der Waals surface area contributed by atoms with Crippen molar-refractivity contribution >= 4 is 27.5 Å². The van der Waals surface area contributed by atoms with Crippen LogP contribution in [0.2, 0.25) is 0 Å². The third kappa shape index (κ3) is 3.88. The molecule has 2 heterocycles. The van der Waals surface area contributed by atoms with Gasteiger partial charge in [0, 0.05) is 4.88 Å². The van der Waals surface area contributed by atoms with Gasteiger partial charge in [0.1, 0.15) is 17.1 Å². The standard InChI is InChI=1S/C20H23N3O3S/c1-5-16(14-6-8-15(26-4)9-7-14)22-17(24)10-23-11-21-19-18(20(23)25)12(2)13(3)27-19/h6-9,11,16H,5,10H2,1-4H3,(H,22,24)/t16-/m1/s1. The molecule has 0 spiro atoms. The van der Waals surface area contributed by atoms with E-state index in [-0.39, 0.29) is 24.1 Å². The van der Waals surface area contributed by atoms with Crippen LogP contribution in [0.1, 0.15) is 35.4 Å². The number of carbonyl (C=O) groups is 1. The molecular formula is C20H23N3O3S. The van der Waals surface area contributed by atoms with E-state index in [4.69, 9.17) is 4.74 Å². The summed E-state index contributed by atoms with van der Waals surface area (Å²) in [6, 6.07) is 7.48. The van der Waals surface area contributed by atoms with Crippen LogP contribution in [0.5, 0.6) is 5.75 Å². The van der Waals surface area contributed by atoms with Crippen LogP contribution in [-0.4, -0.2) is 22.6 Å². The SMILES string of the molecule is CC[C@@H](NC(=O)Cn1cnc2sc(C)c(C)c2c1=O)c1ccc(OC)cc1. The lowest BCUT2D eigenvalue weighted by Crippen LogP contribution is -2.34. The number of amides is 1. The molecule has 0 bridgehead atoms. The Hall–Kier alpha value is -2.67. The van der Waals surface area contributed by atoms with Crippen molar-refractivity contribution in [1.82, 2.24) is 14.9 Å². The highest BCUT2D eigenvalue weighted by Crippen LogP contribution is 2.25. The maximum atomic E-state index is 12.7. The van der Waals surface area contributed by atoms with Gasteiger partial charge in [0.2, 0.25) is 5.91 Å². The Kier molecular flexibility index (Phi) is 5.60. The number of nitrogens with zero attached hydrogens (tertiary/aromatic N) is 2. The van der Waals surface area contributed by atoms with Crippen LogP contribution in [0.15, 0.2) is 35.4 Å². The fourth-order valence-corrected chi connectivity index (χ4v) is 4.02. The van der Waals surface area contributed by atoms with Crippen molar-refractivity contribution in [2.24, 2.45) is 0 Å². The summed E-state index contributed by atoms with van der Waals surface area (Å²) in [4.78, 5) is 31.4. The van der Waals surface area contributed by atoms with Gasteiger partial charge in [-0.1, -0.05) is 19.1 Å². The monoisotopic (exact) mass is 385 g/mol. The zero-order valence-corrected chi connectivity index (χ0v) is 16.7. The molecule has 7 heteroatoms. The predicted molar refractivity (Wildman–Crippen MR) is 108 cm³/mol. The quantitative estimate of drug-likeness (QED) is 0.706. The summed E-state index contributed by atoms with van der Waals surface area (Å²) in [5, 5.41) is 3.61. The molecule has 3 aromatic rings. The Morgan fingerprint density at radius 1 is 1.30 bits per heavy atom. The van der Waals surface area contributed by atoms with Crippen molar-refractivity contribution in [3.8, 4) is 5.75 Å². The zero-order chi connectivity index (χ0) is 19.6. The van der Waals surface area contributed by atoms with Gasteiger partial charge >= 0.3 is 0 Å². The number of ether oxygens (including phenoxy) is 1. The van der Waals surface area contributed by atoms with Gasteiger partial charge in [0.25, 0.3) is 5.56 Å². The molecule has 27 heavy (non-hydrogen) atoms. The first-order chi connectivity index (χ1) is 12.9. The summed E-state index contributed by atoms with van der Waals surface area (Å²) in [6.45, 7) is 5.84. The van der Waals surface area contributed by atoms with Gasteiger partial charge in [0.05, 0.1) is 24.9 Å². The van der Waals surface area contributed by atoms with Crippen molar-refractivity contribution < 1.29 is 9.53 Å². The number of thiophene rings is 1. The van der Waals surface area contributed by atoms with E-state index in [0.29, 0.717) is 5.39 Å². The molecule has 0 radical (unpaired) electrons. The molecule has 6 nitrogen and oxygen atoms in total. The van der Waals surface area contributed by atoms with E-state index >= 15 is 0 Å². The summed E-state index contributed by atoms with van der Waals surface area (Å²) < 4.78 is 6.54. The van der Waals surface area contributed by atoms with Crippen LogP contribution in [0, 0.1) is 13.8 Å². The van der Waals surface area contributed by atoms with E-state index in [1.54, 1.807) is 7.11 Å². The summed E-state index contributed by atoms with van der Waals surface area (Å²) >= 11 is 1.50. The van der Waals surface area contributed by atoms with Gasteiger partial charge in [-0.3, -0.25) is 14.2 Å². The van der Waals surface area contributed by atoms with Gasteiger partial charge < -0.3 is 10.1 Å². The highest BCUT2D eigenvalue weighted by molar-refractivity contribution is 7.18. The largest absolute Gasteiger partial charge is 0.497 e. The third-order valence-electron chi connectivity index (χ3n) is 4.73. The van der Waals surface area contributed by atoms with Gasteiger partial charge in [-0.05, 0) is 43.5 Å². The Bertz CT molecular complexity index is 1020. The molecule has 3 rings (SSSR count). The van der Waals surface area contributed by atoms with Crippen molar-refractivity contribution in [2.75, 3.05) is 7.11 Å². The Morgan fingerprint density at radius 2 is 2.00 bits per heavy atom. The molecule has 142 valence electrons. The maximum absolute atomic E-state index is 12.7. The normalized spacial score (nSPS) is 12.1. The third-order valence-corrected chi connectivity index (χ3v) is 5.85. The molecule has 1 atom stereocenters. The average Bonchev–Trinajstić information content (AvgIpc) is 2.97. The Labute approximate surface area is 161 Å². The lowest BCUT2D eigenvalue weighted by atomic mass is 10.0. The Balaban J connectivity index is 1.78.